The van der Waals surface area contributed by atoms with Crippen LogP contribution < -0.4 is 5.32 Å². The molecule has 0 aliphatic heterocycles. The van der Waals surface area contributed by atoms with E-state index in [1.165, 1.54) is 4.90 Å². The Labute approximate surface area is 123 Å². The number of benzene rings is 1. The molecule has 20 heavy (non-hydrogen) atoms. The fourth-order valence-corrected chi connectivity index (χ4v) is 1.93. The van der Waals surface area contributed by atoms with Crippen molar-refractivity contribution in [1.82, 2.24) is 10.2 Å². The predicted molar refractivity (Wildman–Crippen MR) is 77.8 cm³/mol. The molecule has 1 aromatic rings. The van der Waals surface area contributed by atoms with Gasteiger partial charge >= 0.3 is 12.0 Å². The third-order valence-corrected chi connectivity index (χ3v) is 3.05. The van der Waals surface area contributed by atoms with Gasteiger partial charge in [-0.15, -0.1) is 0 Å². The fourth-order valence-electron chi connectivity index (χ4n) is 1.71. The molecule has 1 atom stereocenters. The molecule has 0 spiro atoms. The zero-order valence-corrected chi connectivity index (χ0v) is 12.4. The first-order chi connectivity index (χ1) is 9.38. The van der Waals surface area contributed by atoms with Crippen molar-refractivity contribution in [2.45, 2.75) is 32.4 Å². The second-order valence-electron chi connectivity index (χ2n) is 4.77. The van der Waals surface area contributed by atoms with E-state index in [9.17, 15) is 9.59 Å². The van der Waals surface area contributed by atoms with Crippen LogP contribution in [0.3, 0.4) is 0 Å². The van der Waals surface area contributed by atoms with Crippen LogP contribution in [0.1, 0.15) is 25.3 Å². The lowest BCUT2D eigenvalue weighted by Crippen LogP contribution is -2.41. The normalized spacial score (nSPS) is 11.8. The molecule has 6 heteroatoms. The van der Waals surface area contributed by atoms with Crippen LogP contribution in [0, 0.1) is 0 Å². The van der Waals surface area contributed by atoms with Gasteiger partial charge in [-0.25, -0.2) is 4.79 Å². The quantitative estimate of drug-likeness (QED) is 0.848. The van der Waals surface area contributed by atoms with Crippen LogP contribution in [0.5, 0.6) is 0 Å². The Morgan fingerprint density at radius 1 is 1.45 bits per heavy atom. The summed E-state index contributed by atoms with van der Waals surface area (Å²) in [5, 5.41) is 12.0. The zero-order valence-electron chi connectivity index (χ0n) is 11.6. The molecule has 0 aliphatic carbocycles. The predicted octanol–water partition coefficient (Wildman–Crippen LogP) is 2.73. The zero-order chi connectivity index (χ0) is 15.1. The Morgan fingerprint density at radius 3 is 2.75 bits per heavy atom. The van der Waals surface area contributed by atoms with Gasteiger partial charge in [0.15, 0.2) is 0 Å². The van der Waals surface area contributed by atoms with Crippen molar-refractivity contribution in [3.05, 3.63) is 34.9 Å². The SMILES string of the molecule is CC(CCC(=O)O)NC(=O)N(C)Cc1cccc(Cl)c1. The highest BCUT2D eigenvalue weighted by Gasteiger charge is 2.13. The molecule has 0 aliphatic rings. The van der Waals surface area contributed by atoms with E-state index in [0.717, 1.165) is 5.56 Å². The van der Waals surface area contributed by atoms with Crippen LogP contribution in [0.4, 0.5) is 4.79 Å². The monoisotopic (exact) mass is 298 g/mol. The van der Waals surface area contributed by atoms with Gasteiger partial charge in [-0.05, 0) is 31.0 Å². The summed E-state index contributed by atoms with van der Waals surface area (Å²) in [6.45, 7) is 2.23. The lowest BCUT2D eigenvalue weighted by molar-refractivity contribution is -0.137. The summed E-state index contributed by atoms with van der Waals surface area (Å²) in [6, 6.07) is 6.89. The standard InChI is InChI=1S/C14H19ClN2O3/c1-10(6-7-13(18)19)16-14(20)17(2)9-11-4-3-5-12(15)8-11/h3-5,8,10H,6-7,9H2,1-2H3,(H,16,20)(H,18,19). The second kappa shape index (κ2) is 7.75. The van der Waals surface area contributed by atoms with Crippen LogP contribution >= 0.6 is 11.6 Å². The number of urea groups is 1. The highest BCUT2D eigenvalue weighted by Crippen LogP contribution is 2.12. The van der Waals surface area contributed by atoms with Crippen LogP contribution in [0.25, 0.3) is 0 Å². The smallest absolute Gasteiger partial charge is 0.317 e. The first-order valence-electron chi connectivity index (χ1n) is 6.36. The molecule has 5 nitrogen and oxygen atoms in total. The molecular formula is C14H19ClN2O3. The van der Waals surface area contributed by atoms with Crippen molar-refractivity contribution in [2.75, 3.05) is 7.05 Å². The minimum atomic E-state index is -0.863. The van der Waals surface area contributed by atoms with E-state index in [4.69, 9.17) is 16.7 Å². The summed E-state index contributed by atoms with van der Waals surface area (Å²) in [6.07, 6.45) is 0.450. The molecule has 1 rings (SSSR count). The van der Waals surface area contributed by atoms with E-state index in [1.807, 2.05) is 12.1 Å². The Kier molecular flexibility index (Phi) is 6.31. The average molecular weight is 299 g/mol. The molecule has 1 unspecified atom stereocenters. The van der Waals surface area contributed by atoms with Gasteiger partial charge in [0, 0.05) is 31.1 Å². The number of carboxylic acid groups (broad SMARTS) is 1. The maximum atomic E-state index is 11.9. The summed E-state index contributed by atoms with van der Waals surface area (Å²) < 4.78 is 0. The number of amides is 2. The van der Waals surface area contributed by atoms with Crippen molar-refractivity contribution in [3.63, 3.8) is 0 Å². The highest BCUT2D eigenvalue weighted by atomic mass is 35.5. The molecule has 0 aromatic heterocycles. The topological polar surface area (TPSA) is 69.6 Å². The maximum Gasteiger partial charge on any atom is 0.317 e. The number of nitrogens with zero attached hydrogens (tertiary/aromatic N) is 1. The third kappa shape index (κ3) is 5.93. The molecule has 1 aromatic carbocycles. The molecule has 0 saturated heterocycles. The Hall–Kier alpha value is -1.75. The van der Waals surface area contributed by atoms with E-state index in [2.05, 4.69) is 5.32 Å². The van der Waals surface area contributed by atoms with Gasteiger partial charge in [-0.1, -0.05) is 23.7 Å². The molecular weight excluding hydrogens is 280 g/mol. The number of carbonyl (C=O) groups is 2. The highest BCUT2D eigenvalue weighted by molar-refractivity contribution is 6.30. The van der Waals surface area contributed by atoms with Crippen molar-refractivity contribution >= 4 is 23.6 Å². The summed E-state index contributed by atoms with van der Waals surface area (Å²) >= 11 is 5.89. The van der Waals surface area contributed by atoms with E-state index >= 15 is 0 Å². The first-order valence-corrected chi connectivity index (χ1v) is 6.74. The van der Waals surface area contributed by atoms with Crippen LogP contribution in [-0.2, 0) is 11.3 Å². The maximum absolute atomic E-state index is 11.9. The van der Waals surface area contributed by atoms with E-state index in [0.29, 0.717) is 18.0 Å². The first kappa shape index (κ1) is 16.3. The van der Waals surface area contributed by atoms with Crippen molar-refractivity contribution < 1.29 is 14.7 Å². The molecule has 0 radical (unpaired) electrons. The van der Waals surface area contributed by atoms with Gasteiger partial charge in [0.05, 0.1) is 0 Å². The summed E-state index contributed by atoms with van der Waals surface area (Å²) in [5.74, 6) is -0.863. The van der Waals surface area contributed by atoms with Gasteiger partial charge in [0.1, 0.15) is 0 Å². The van der Waals surface area contributed by atoms with E-state index in [1.54, 1.807) is 26.1 Å². The fraction of sp³-hybridized carbons (Fsp3) is 0.429. The minimum absolute atomic E-state index is 0.0411. The van der Waals surface area contributed by atoms with Crippen molar-refractivity contribution in [2.24, 2.45) is 0 Å². The number of aliphatic carboxylic acids is 1. The Bertz CT molecular complexity index is 479. The Morgan fingerprint density at radius 2 is 2.15 bits per heavy atom. The minimum Gasteiger partial charge on any atom is -0.481 e. The van der Waals surface area contributed by atoms with Crippen LogP contribution in [0.2, 0.25) is 5.02 Å². The number of hydrogen-bond acceptors (Lipinski definition) is 2. The van der Waals surface area contributed by atoms with E-state index < -0.39 is 5.97 Å². The molecule has 110 valence electrons. The van der Waals surface area contributed by atoms with E-state index in [-0.39, 0.29) is 18.5 Å². The van der Waals surface area contributed by atoms with Crippen LogP contribution in [0.15, 0.2) is 24.3 Å². The number of nitrogens with one attached hydrogen (secondary N) is 1. The van der Waals surface area contributed by atoms with Gasteiger partial charge in [-0.2, -0.15) is 0 Å². The lowest BCUT2D eigenvalue weighted by Gasteiger charge is -2.21. The van der Waals surface area contributed by atoms with Crippen molar-refractivity contribution in [3.8, 4) is 0 Å². The van der Waals surface area contributed by atoms with Gasteiger partial charge in [0.2, 0.25) is 0 Å². The number of halogens is 1. The number of carbonyl (C=O) groups excluding carboxylic acids is 1. The molecule has 0 bridgehead atoms. The Balaban J connectivity index is 2.44. The number of carboxylic acids is 1. The summed E-state index contributed by atoms with van der Waals surface area (Å²) in [5.41, 5.74) is 0.938. The average Bonchev–Trinajstić information content (AvgIpc) is 2.36. The third-order valence-electron chi connectivity index (χ3n) is 2.82. The van der Waals surface area contributed by atoms with Gasteiger partial charge in [0.25, 0.3) is 0 Å². The van der Waals surface area contributed by atoms with Crippen LogP contribution in [-0.4, -0.2) is 35.1 Å². The number of hydrogen-bond donors (Lipinski definition) is 2. The molecule has 0 heterocycles. The molecule has 2 N–H and O–H groups in total. The molecule has 2 amide bonds. The summed E-state index contributed by atoms with van der Waals surface area (Å²) in [4.78, 5) is 23.9. The molecule has 0 fully saturated rings. The number of rotatable bonds is 6. The van der Waals surface area contributed by atoms with Crippen molar-refractivity contribution in [1.29, 1.82) is 0 Å². The largest absolute Gasteiger partial charge is 0.481 e. The molecule has 0 saturated carbocycles. The summed E-state index contributed by atoms with van der Waals surface area (Å²) in [7, 11) is 1.68. The lowest BCUT2D eigenvalue weighted by atomic mass is 10.2. The second-order valence-corrected chi connectivity index (χ2v) is 5.21. The van der Waals surface area contributed by atoms with Gasteiger partial charge < -0.3 is 15.3 Å². The van der Waals surface area contributed by atoms with Gasteiger partial charge in [-0.3, -0.25) is 4.79 Å².